The summed E-state index contributed by atoms with van der Waals surface area (Å²) < 4.78 is 1.73. The molecule has 0 saturated heterocycles. The maximum Gasteiger partial charge on any atom is 0.174 e. The molecule has 0 aliphatic rings. The lowest BCUT2D eigenvalue weighted by Gasteiger charge is -2.05. The van der Waals surface area contributed by atoms with Gasteiger partial charge in [0.1, 0.15) is 0 Å². The molecule has 0 aromatic carbocycles. The molecule has 0 radical (unpaired) electrons. The van der Waals surface area contributed by atoms with Crippen LogP contribution in [0, 0.1) is 0 Å². The second-order valence-electron chi connectivity index (χ2n) is 3.25. The lowest BCUT2D eigenvalue weighted by atomic mass is 10.3. The van der Waals surface area contributed by atoms with Crippen LogP contribution in [0.3, 0.4) is 0 Å². The van der Waals surface area contributed by atoms with Gasteiger partial charge in [0.25, 0.3) is 0 Å². The summed E-state index contributed by atoms with van der Waals surface area (Å²) in [5.41, 5.74) is 1.71. The summed E-state index contributed by atoms with van der Waals surface area (Å²) in [6.07, 6.45) is 3.69. The number of rotatable bonds is 3. The summed E-state index contributed by atoms with van der Waals surface area (Å²) in [5, 5.41) is 15.1. The van der Waals surface area contributed by atoms with Crippen LogP contribution in [0.2, 0.25) is 10.3 Å². The van der Waals surface area contributed by atoms with Gasteiger partial charge >= 0.3 is 0 Å². The van der Waals surface area contributed by atoms with Gasteiger partial charge in [-0.05, 0) is 0 Å². The van der Waals surface area contributed by atoms with E-state index in [-0.39, 0.29) is 0 Å². The molecule has 0 saturated carbocycles. The molecule has 0 aliphatic carbocycles. The van der Waals surface area contributed by atoms with Crippen LogP contribution in [0.1, 0.15) is 5.56 Å². The van der Waals surface area contributed by atoms with Gasteiger partial charge in [-0.25, -0.2) is 0 Å². The van der Waals surface area contributed by atoms with Crippen LogP contribution in [-0.2, 0) is 13.6 Å². The van der Waals surface area contributed by atoms with Crippen LogP contribution in [0.15, 0.2) is 18.5 Å². The number of aryl methyl sites for hydroxylation is 1. The molecule has 2 rings (SSSR count). The normalized spacial score (nSPS) is 10.4. The summed E-state index contributed by atoms with van der Waals surface area (Å²) in [6.45, 7) is 0.607. The summed E-state index contributed by atoms with van der Waals surface area (Å²) in [4.78, 5) is 0. The van der Waals surface area contributed by atoms with Gasteiger partial charge in [-0.15, -0.1) is 10.2 Å². The lowest BCUT2D eigenvalue weighted by molar-refractivity contribution is 0.767. The van der Waals surface area contributed by atoms with E-state index in [0.717, 1.165) is 5.56 Å². The molecule has 1 N–H and O–H groups in total. The molecule has 2 aromatic heterocycles. The molecule has 0 atom stereocenters. The highest BCUT2D eigenvalue weighted by Crippen LogP contribution is 2.21. The van der Waals surface area contributed by atoms with Crippen LogP contribution >= 0.6 is 23.2 Å². The van der Waals surface area contributed by atoms with Crippen LogP contribution in [0.4, 0.5) is 5.69 Å². The number of hydrogen-bond donors (Lipinski definition) is 1. The lowest BCUT2D eigenvalue weighted by Crippen LogP contribution is -2.00. The van der Waals surface area contributed by atoms with Gasteiger partial charge in [-0.1, -0.05) is 23.2 Å². The first-order valence-electron chi connectivity index (χ1n) is 4.55. The molecular formula is C9H9Cl2N5. The topological polar surface area (TPSA) is 55.6 Å². The van der Waals surface area contributed by atoms with Gasteiger partial charge in [-0.2, -0.15) is 5.10 Å². The standard InChI is InChI=1S/C9H9Cl2N5/c1-16-5-6(4-13-16)3-12-7-2-8(10)14-15-9(7)11/h2,4-5H,3H2,1H3,(H,12,14). The molecule has 0 amide bonds. The number of nitrogens with one attached hydrogen (secondary N) is 1. The molecule has 0 aliphatic heterocycles. The zero-order chi connectivity index (χ0) is 11.5. The third-order valence-corrected chi connectivity index (χ3v) is 2.42. The highest BCUT2D eigenvalue weighted by atomic mass is 35.5. The van der Waals surface area contributed by atoms with Crippen LogP contribution < -0.4 is 5.32 Å². The van der Waals surface area contributed by atoms with Gasteiger partial charge in [0.15, 0.2) is 10.3 Å². The Hall–Kier alpha value is -1.33. The Bertz CT molecular complexity index is 496. The minimum atomic E-state index is 0.299. The Balaban J connectivity index is 2.07. The van der Waals surface area contributed by atoms with Crippen molar-refractivity contribution in [3.63, 3.8) is 0 Å². The zero-order valence-electron chi connectivity index (χ0n) is 8.48. The van der Waals surface area contributed by atoms with E-state index in [1.54, 1.807) is 16.9 Å². The van der Waals surface area contributed by atoms with Crippen molar-refractivity contribution in [3.8, 4) is 0 Å². The van der Waals surface area contributed by atoms with Crippen molar-refractivity contribution in [3.05, 3.63) is 34.3 Å². The van der Waals surface area contributed by atoms with E-state index in [4.69, 9.17) is 23.2 Å². The maximum atomic E-state index is 5.85. The Morgan fingerprint density at radius 2 is 2.19 bits per heavy atom. The average molecular weight is 258 g/mol. The minimum absolute atomic E-state index is 0.299. The van der Waals surface area contributed by atoms with Crippen molar-refractivity contribution in [2.75, 3.05) is 5.32 Å². The Kier molecular flexibility index (Phi) is 3.26. The smallest absolute Gasteiger partial charge is 0.174 e. The Labute approximate surface area is 102 Å². The monoisotopic (exact) mass is 257 g/mol. The van der Waals surface area contributed by atoms with Crippen molar-refractivity contribution in [2.45, 2.75) is 6.54 Å². The second kappa shape index (κ2) is 4.67. The zero-order valence-corrected chi connectivity index (χ0v) is 10.00. The number of anilines is 1. The van der Waals surface area contributed by atoms with Gasteiger partial charge in [-0.3, -0.25) is 4.68 Å². The molecule has 7 heteroatoms. The summed E-state index contributed by atoms with van der Waals surface area (Å²) >= 11 is 11.6. The van der Waals surface area contributed by atoms with E-state index < -0.39 is 0 Å². The maximum absolute atomic E-state index is 5.85. The Morgan fingerprint density at radius 3 is 2.88 bits per heavy atom. The summed E-state index contributed by atoms with van der Waals surface area (Å²) in [5.74, 6) is 0. The quantitative estimate of drug-likeness (QED) is 0.916. The van der Waals surface area contributed by atoms with E-state index in [2.05, 4.69) is 20.6 Å². The molecular weight excluding hydrogens is 249 g/mol. The second-order valence-corrected chi connectivity index (χ2v) is 3.99. The first kappa shape index (κ1) is 11.2. The predicted octanol–water partition coefficient (Wildman–Crippen LogP) is 2.13. The van der Waals surface area contributed by atoms with Crippen molar-refractivity contribution in [2.24, 2.45) is 7.05 Å². The first-order chi connectivity index (χ1) is 7.65. The number of halogens is 2. The highest BCUT2D eigenvalue weighted by molar-refractivity contribution is 6.33. The van der Waals surface area contributed by atoms with Gasteiger partial charge < -0.3 is 5.32 Å². The third-order valence-electron chi connectivity index (χ3n) is 1.96. The van der Waals surface area contributed by atoms with Crippen LogP contribution in [0.25, 0.3) is 0 Å². The van der Waals surface area contributed by atoms with Crippen molar-refractivity contribution < 1.29 is 0 Å². The van der Waals surface area contributed by atoms with Crippen LogP contribution in [-0.4, -0.2) is 20.0 Å². The minimum Gasteiger partial charge on any atom is -0.378 e. The van der Waals surface area contributed by atoms with Gasteiger partial charge in [0, 0.05) is 31.4 Å². The van der Waals surface area contributed by atoms with E-state index >= 15 is 0 Å². The van der Waals surface area contributed by atoms with Gasteiger partial charge in [0.05, 0.1) is 11.9 Å². The van der Waals surface area contributed by atoms with E-state index in [9.17, 15) is 0 Å². The van der Waals surface area contributed by atoms with Crippen LogP contribution in [0.5, 0.6) is 0 Å². The average Bonchev–Trinajstić information content (AvgIpc) is 2.66. The fraction of sp³-hybridized carbons (Fsp3) is 0.222. The number of nitrogens with zero attached hydrogens (tertiary/aromatic N) is 4. The third kappa shape index (κ3) is 2.62. The van der Waals surface area contributed by atoms with Crippen molar-refractivity contribution in [1.29, 1.82) is 0 Å². The molecule has 0 fully saturated rings. The van der Waals surface area contributed by atoms with Gasteiger partial charge in [0.2, 0.25) is 0 Å². The highest BCUT2D eigenvalue weighted by Gasteiger charge is 2.04. The SMILES string of the molecule is Cn1cc(CNc2cc(Cl)nnc2Cl)cn1. The first-order valence-corrected chi connectivity index (χ1v) is 5.31. The fourth-order valence-corrected chi connectivity index (χ4v) is 1.54. The molecule has 84 valence electrons. The molecule has 2 heterocycles. The molecule has 2 aromatic rings. The van der Waals surface area contributed by atoms with E-state index in [1.165, 1.54) is 0 Å². The summed E-state index contributed by atoms with van der Waals surface area (Å²) in [6, 6.07) is 1.63. The Morgan fingerprint density at radius 1 is 1.38 bits per heavy atom. The van der Waals surface area contributed by atoms with E-state index in [0.29, 0.717) is 22.5 Å². The molecule has 0 bridgehead atoms. The molecule has 16 heavy (non-hydrogen) atoms. The molecule has 5 nitrogen and oxygen atoms in total. The largest absolute Gasteiger partial charge is 0.378 e. The fourth-order valence-electron chi connectivity index (χ4n) is 1.24. The molecule has 0 unspecified atom stereocenters. The number of hydrogen-bond acceptors (Lipinski definition) is 4. The van der Waals surface area contributed by atoms with Crippen molar-refractivity contribution in [1.82, 2.24) is 20.0 Å². The van der Waals surface area contributed by atoms with E-state index in [1.807, 2.05) is 13.2 Å². The van der Waals surface area contributed by atoms with Crippen molar-refractivity contribution >= 4 is 28.9 Å². The predicted molar refractivity (Wildman–Crippen MR) is 62.6 cm³/mol. The number of aromatic nitrogens is 4. The summed E-state index contributed by atoms with van der Waals surface area (Å²) in [7, 11) is 1.86. The molecule has 0 spiro atoms.